The van der Waals surface area contributed by atoms with Crippen LogP contribution in [-0.2, 0) is 10.9 Å². The molecule has 220 valence electrons. The highest BCUT2D eigenvalue weighted by Gasteiger charge is 2.40. The van der Waals surface area contributed by atoms with Crippen molar-refractivity contribution >= 4 is 17.6 Å². The Bertz CT molecular complexity index is 1480. The zero-order chi connectivity index (χ0) is 30.7. The van der Waals surface area contributed by atoms with Gasteiger partial charge in [0.25, 0.3) is 5.91 Å². The predicted molar refractivity (Wildman–Crippen MR) is 124 cm³/mol. The van der Waals surface area contributed by atoms with E-state index >= 15 is 0 Å². The number of amides is 1. The molecule has 1 aromatic carbocycles. The Hall–Kier alpha value is -4.83. The van der Waals surface area contributed by atoms with Gasteiger partial charge in [0.2, 0.25) is 11.6 Å². The summed E-state index contributed by atoms with van der Waals surface area (Å²) in [6.45, 7) is 1.46. The molecule has 10 nitrogen and oxygen atoms in total. The van der Waals surface area contributed by atoms with Crippen LogP contribution in [0.4, 0.5) is 36.4 Å². The molecule has 0 spiro atoms. The molecule has 1 N–H and O–H groups in total. The molecule has 0 radical (unpaired) electrons. The van der Waals surface area contributed by atoms with E-state index in [1.54, 1.807) is 0 Å². The Labute approximate surface area is 226 Å². The number of hydrogen-bond donors (Lipinski definition) is 1. The van der Waals surface area contributed by atoms with Crippen LogP contribution in [0.2, 0.25) is 0 Å². The van der Waals surface area contributed by atoms with E-state index in [0.29, 0.717) is 12.3 Å². The van der Waals surface area contributed by atoms with E-state index in [2.05, 4.69) is 24.8 Å². The summed E-state index contributed by atoms with van der Waals surface area (Å²) in [5.41, 5.74) is -2.57. The van der Waals surface area contributed by atoms with Gasteiger partial charge in [0, 0.05) is 11.9 Å². The van der Waals surface area contributed by atoms with Crippen molar-refractivity contribution in [1.29, 1.82) is 0 Å². The maximum atomic E-state index is 14.7. The SMILES string of the molecule is COC(=O)c1cc(NC(=O)c2c(Oc3ccc(OC(F)(F)F)c(F)c3OC)cnc(C(F)(F)F)c2OC)c(C)cn1. The van der Waals surface area contributed by atoms with Crippen molar-refractivity contribution in [1.82, 2.24) is 9.97 Å². The Morgan fingerprint density at radius 1 is 0.878 bits per heavy atom. The third kappa shape index (κ3) is 6.85. The normalized spacial score (nSPS) is 11.5. The summed E-state index contributed by atoms with van der Waals surface area (Å²) in [4.78, 5) is 32.3. The van der Waals surface area contributed by atoms with E-state index in [-0.39, 0.29) is 16.9 Å². The van der Waals surface area contributed by atoms with Crippen LogP contribution < -0.4 is 24.3 Å². The number of ether oxygens (including phenoxy) is 5. The molecule has 0 fully saturated rings. The molecule has 1 amide bonds. The van der Waals surface area contributed by atoms with Crippen LogP contribution >= 0.6 is 0 Å². The zero-order valence-electron chi connectivity index (χ0n) is 21.3. The summed E-state index contributed by atoms with van der Waals surface area (Å²) in [6, 6.07) is 2.37. The highest BCUT2D eigenvalue weighted by Crippen LogP contribution is 2.44. The highest BCUT2D eigenvalue weighted by atomic mass is 19.4. The van der Waals surface area contributed by atoms with Crippen LogP contribution in [0.3, 0.4) is 0 Å². The van der Waals surface area contributed by atoms with Gasteiger partial charge in [-0.15, -0.1) is 13.2 Å². The van der Waals surface area contributed by atoms with E-state index in [9.17, 15) is 40.3 Å². The van der Waals surface area contributed by atoms with Crippen molar-refractivity contribution < 1.29 is 64.0 Å². The summed E-state index contributed by atoms with van der Waals surface area (Å²) in [5, 5.41) is 2.31. The van der Waals surface area contributed by atoms with E-state index < -0.39 is 70.2 Å². The number of methoxy groups -OCH3 is 3. The summed E-state index contributed by atoms with van der Waals surface area (Å²) in [6.07, 6.45) is -8.73. The van der Waals surface area contributed by atoms with Crippen molar-refractivity contribution in [2.45, 2.75) is 19.5 Å². The van der Waals surface area contributed by atoms with E-state index in [4.69, 9.17) is 14.2 Å². The third-order valence-electron chi connectivity index (χ3n) is 5.12. The standard InChI is InChI=1S/C24H18F7N3O7/c1-10-8-32-12(22(36)39-4)7-11(10)34-21(35)16-15(9-33-20(19(16)38-3)23(26,27)28)40-14-6-5-13(41-24(29,30)31)17(25)18(14)37-2/h5-9H,1-4H3,(H,32,34,35). The fourth-order valence-corrected chi connectivity index (χ4v) is 3.34. The van der Waals surface area contributed by atoms with Gasteiger partial charge >= 0.3 is 18.5 Å². The van der Waals surface area contributed by atoms with Crippen molar-refractivity contribution in [3.05, 3.63) is 58.9 Å². The summed E-state index contributed by atoms with van der Waals surface area (Å²) < 4.78 is 117. The number of benzene rings is 1. The summed E-state index contributed by atoms with van der Waals surface area (Å²) in [7, 11) is 2.75. The minimum atomic E-state index is -5.26. The van der Waals surface area contributed by atoms with Gasteiger partial charge in [-0.2, -0.15) is 17.6 Å². The number of rotatable bonds is 8. The second kappa shape index (κ2) is 11.7. The minimum Gasteiger partial charge on any atom is -0.493 e. The van der Waals surface area contributed by atoms with Gasteiger partial charge in [0.15, 0.2) is 28.7 Å². The van der Waals surface area contributed by atoms with Crippen LogP contribution in [0.5, 0.6) is 28.7 Å². The molecule has 0 aliphatic rings. The fourth-order valence-electron chi connectivity index (χ4n) is 3.34. The second-order valence-electron chi connectivity index (χ2n) is 7.77. The van der Waals surface area contributed by atoms with Crippen LogP contribution in [0.1, 0.15) is 32.1 Å². The molecule has 41 heavy (non-hydrogen) atoms. The summed E-state index contributed by atoms with van der Waals surface area (Å²) in [5.74, 6) is -8.56. The second-order valence-corrected chi connectivity index (χ2v) is 7.77. The molecule has 0 atom stereocenters. The number of aromatic nitrogens is 2. The Kier molecular flexibility index (Phi) is 8.78. The van der Waals surface area contributed by atoms with Crippen LogP contribution in [0.15, 0.2) is 30.6 Å². The molecule has 0 saturated carbocycles. The van der Waals surface area contributed by atoms with Crippen molar-refractivity contribution in [3.8, 4) is 28.7 Å². The van der Waals surface area contributed by atoms with Crippen molar-refractivity contribution in [2.24, 2.45) is 0 Å². The number of anilines is 1. The van der Waals surface area contributed by atoms with Crippen LogP contribution in [0.25, 0.3) is 0 Å². The topological polar surface area (TPSA) is 118 Å². The maximum absolute atomic E-state index is 14.7. The number of carbonyl (C=O) groups is 2. The molecule has 2 heterocycles. The number of esters is 1. The lowest BCUT2D eigenvalue weighted by molar-refractivity contribution is -0.275. The van der Waals surface area contributed by atoms with Gasteiger partial charge in [0.1, 0.15) is 11.3 Å². The Morgan fingerprint density at radius 2 is 1.51 bits per heavy atom. The molecule has 0 aliphatic carbocycles. The first-order chi connectivity index (χ1) is 19.1. The Balaban J connectivity index is 2.16. The van der Waals surface area contributed by atoms with Crippen molar-refractivity contribution in [3.63, 3.8) is 0 Å². The van der Waals surface area contributed by atoms with Gasteiger partial charge < -0.3 is 29.0 Å². The van der Waals surface area contributed by atoms with E-state index in [0.717, 1.165) is 33.5 Å². The zero-order valence-corrected chi connectivity index (χ0v) is 21.3. The molecule has 0 bridgehead atoms. The van der Waals surface area contributed by atoms with Gasteiger partial charge in [-0.25, -0.2) is 14.8 Å². The molecule has 2 aromatic heterocycles. The quantitative estimate of drug-likeness (QED) is 0.260. The molecule has 0 unspecified atom stereocenters. The number of nitrogens with zero attached hydrogens (tertiary/aromatic N) is 2. The first kappa shape index (κ1) is 30.7. The predicted octanol–water partition coefficient (Wildman–Crippen LogP) is 5.69. The van der Waals surface area contributed by atoms with Crippen LogP contribution in [0, 0.1) is 12.7 Å². The lowest BCUT2D eigenvalue weighted by Gasteiger charge is -2.20. The lowest BCUT2D eigenvalue weighted by atomic mass is 10.1. The molecular weight excluding hydrogens is 575 g/mol. The van der Waals surface area contributed by atoms with Gasteiger partial charge in [-0.1, -0.05) is 0 Å². The maximum Gasteiger partial charge on any atom is 0.573 e. The number of nitrogens with one attached hydrogen (secondary N) is 1. The number of pyridine rings is 2. The van der Waals surface area contributed by atoms with Gasteiger partial charge in [0.05, 0.1) is 27.5 Å². The first-order valence-electron chi connectivity index (χ1n) is 10.9. The molecule has 0 saturated heterocycles. The average Bonchev–Trinajstić information content (AvgIpc) is 2.89. The fraction of sp³-hybridized carbons (Fsp3) is 0.250. The highest BCUT2D eigenvalue weighted by molar-refractivity contribution is 6.09. The number of halogens is 7. The monoisotopic (exact) mass is 593 g/mol. The molecule has 3 rings (SSSR count). The summed E-state index contributed by atoms with van der Waals surface area (Å²) >= 11 is 0. The van der Waals surface area contributed by atoms with E-state index in [1.165, 1.54) is 13.1 Å². The number of aryl methyl sites for hydroxylation is 1. The minimum absolute atomic E-state index is 0.0685. The molecular formula is C24H18F7N3O7. The molecule has 3 aromatic rings. The average molecular weight is 593 g/mol. The van der Waals surface area contributed by atoms with E-state index in [1.807, 2.05) is 0 Å². The number of carbonyl (C=O) groups excluding carboxylic acids is 2. The third-order valence-corrected chi connectivity index (χ3v) is 5.12. The van der Waals surface area contributed by atoms with Crippen molar-refractivity contribution in [2.75, 3.05) is 26.6 Å². The number of alkyl halides is 6. The first-order valence-corrected chi connectivity index (χ1v) is 10.9. The van der Waals surface area contributed by atoms with Gasteiger partial charge in [-0.3, -0.25) is 4.79 Å². The molecule has 0 aliphatic heterocycles. The number of hydrogen-bond acceptors (Lipinski definition) is 9. The van der Waals surface area contributed by atoms with Crippen LogP contribution in [-0.4, -0.2) is 49.5 Å². The van der Waals surface area contributed by atoms with Gasteiger partial charge in [-0.05, 0) is 30.7 Å². The lowest BCUT2D eigenvalue weighted by Crippen LogP contribution is -2.20. The smallest absolute Gasteiger partial charge is 0.493 e. The largest absolute Gasteiger partial charge is 0.573 e. The molecule has 17 heteroatoms. The Morgan fingerprint density at radius 3 is 2.07 bits per heavy atom.